The second-order valence-electron chi connectivity index (χ2n) is 22.4. The van der Waals surface area contributed by atoms with E-state index in [1.807, 2.05) is 53.6 Å². The zero-order valence-electron chi connectivity index (χ0n) is 47.8. The van der Waals surface area contributed by atoms with Crippen LogP contribution >= 0.6 is 11.8 Å². The fourth-order valence-electron chi connectivity index (χ4n) is 11.9. The SMILES string of the molecule is CC[C@H]1OC(=O)[C@H](C)[C@@H](O[C@H]2C[C@@](C)(OC)[C@@H](OCCNCCSc3cc4c(=O)c(C(=O)O)cn(N(C)C)c4cn3)[C@H](C)O2)[C@H](C)[C@@H](O[C@@H]2O[C@H](C)C[C@H](N(C)C)[C@H]2O)[C@](C)(OC)C[C@@H](C)C(=O)[C@@H](C)[C@H]2OC(=O)O[C@@]21C. The molecule has 0 bridgehead atoms. The molecule has 0 amide bonds. The summed E-state index contributed by atoms with van der Waals surface area (Å²) in [6.07, 6.45) is -5.81. The molecule has 77 heavy (non-hydrogen) atoms. The van der Waals surface area contributed by atoms with E-state index in [1.165, 1.54) is 25.1 Å². The molecule has 434 valence electrons. The minimum Gasteiger partial charge on any atom is -0.477 e. The third-order valence-electron chi connectivity index (χ3n) is 16.3. The van der Waals surface area contributed by atoms with E-state index in [-0.39, 0.29) is 48.1 Å². The number of carbonyl (C=O) groups excluding carboxylic acids is 3. The van der Waals surface area contributed by atoms with Gasteiger partial charge in [-0.05, 0) is 81.0 Å². The molecule has 0 aliphatic carbocycles. The number of carboxylic acid groups (broad SMARTS) is 1. The first-order valence-corrected chi connectivity index (χ1v) is 27.7. The van der Waals surface area contributed by atoms with E-state index in [9.17, 15) is 34.2 Å². The molecule has 22 nitrogen and oxygen atoms in total. The number of ketones is 1. The number of nitrogens with zero attached hydrogens (tertiary/aromatic N) is 4. The van der Waals surface area contributed by atoms with E-state index in [0.717, 1.165) is 0 Å². The number of aromatic nitrogens is 2. The lowest BCUT2D eigenvalue weighted by Crippen LogP contribution is -2.61. The highest BCUT2D eigenvalue weighted by atomic mass is 32.2. The highest BCUT2D eigenvalue weighted by Crippen LogP contribution is 2.44. The standard InChI is InChI=1S/C54H85N5O17S/c1-17-38-54(10)46(75-51(66)76-54)30(4)41(60)28(2)24-52(8,67-15)45(74-50-43(62)36(57(11)12)22-29(3)70-50)31(5)44(32(6)49(65)72-38)73-40-25-53(9,68-16)47(33(7)71-40)69-20-18-55-19-21-77-39-23-34-37(26-56-39)59(58(13)14)27-35(42(34)61)48(63)64/h23,26-33,36,38,40,43-47,50,55,62H,17-22,24-25H2,1-16H3,(H,63,64)/t28-,29-,30-,31+,32-,33+,36+,38-,40+,43-,44+,45-,46-,47+,50+,52-,53-,54-/m1/s1. The summed E-state index contributed by atoms with van der Waals surface area (Å²) < 4.78 is 65.6. The molecule has 2 aromatic rings. The monoisotopic (exact) mass is 1110 g/mol. The molecular weight excluding hydrogens is 1020 g/mol. The smallest absolute Gasteiger partial charge is 0.477 e. The molecule has 18 atom stereocenters. The molecular formula is C54H85N5O17S. The Labute approximate surface area is 456 Å². The summed E-state index contributed by atoms with van der Waals surface area (Å²) in [5, 5.41) is 27.4. The van der Waals surface area contributed by atoms with Gasteiger partial charge in [-0.25, -0.2) is 14.6 Å². The largest absolute Gasteiger partial charge is 0.509 e. The molecule has 2 aromatic heterocycles. The number of cyclic esters (lactones) is 1. The average Bonchev–Trinajstić information content (AvgIpc) is 3.72. The lowest BCUT2D eigenvalue weighted by Gasteiger charge is -2.50. The van der Waals surface area contributed by atoms with Crippen molar-refractivity contribution < 1.29 is 76.8 Å². The van der Waals surface area contributed by atoms with Crippen LogP contribution < -0.4 is 15.8 Å². The Morgan fingerprint density at radius 2 is 1.60 bits per heavy atom. The summed E-state index contributed by atoms with van der Waals surface area (Å²) in [4.78, 5) is 73.6. The number of Topliss-reactive ketones (excluding diaryl/α,β-unsaturated/α-hetero) is 1. The molecule has 0 spiro atoms. The van der Waals surface area contributed by atoms with Gasteiger partial charge in [0.25, 0.3) is 0 Å². The van der Waals surface area contributed by atoms with Crippen LogP contribution in [0, 0.1) is 23.7 Å². The maximum atomic E-state index is 14.8. The predicted molar refractivity (Wildman–Crippen MR) is 285 cm³/mol. The number of carbonyl (C=O) groups is 4. The van der Waals surface area contributed by atoms with Gasteiger partial charge in [0, 0.05) is 77.7 Å². The molecule has 23 heteroatoms. The minimum absolute atomic E-state index is 0.114. The second-order valence-corrected chi connectivity index (χ2v) is 23.5. The van der Waals surface area contributed by atoms with Gasteiger partial charge in [0.05, 0.1) is 76.2 Å². The molecule has 6 heterocycles. The second kappa shape index (κ2) is 25.6. The summed E-state index contributed by atoms with van der Waals surface area (Å²) in [5.74, 6) is -4.93. The minimum atomic E-state index is -1.51. The number of hydrogen-bond acceptors (Lipinski definition) is 21. The van der Waals surface area contributed by atoms with Crippen LogP contribution in [0.4, 0.5) is 4.79 Å². The Morgan fingerprint density at radius 1 is 0.922 bits per heavy atom. The number of rotatable bonds is 18. The number of aromatic carboxylic acids is 1. The van der Waals surface area contributed by atoms with Crippen molar-refractivity contribution >= 4 is 46.5 Å². The highest BCUT2D eigenvalue weighted by Gasteiger charge is 2.60. The average molecular weight is 1110 g/mol. The van der Waals surface area contributed by atoms with Crippen LogP contribution in [0.3, 0.4) is 0 Å². The lowest BCUT2D eigenvalue weighted by atomic mass is 9.74. The normalized spacial score (nSPS) is 37.4. The highest BCUT2D eigenvalue weighted by molar-refractivity contribution is 7.99. The van der Waals surface area contributed by atoms with E-state index >= 15 is 0 Å². The predicted octanol–water partition coefficient (Wildman–Crippen LogP) is 4.63. The Balaban J connectivity index is 1.21. The lowest BCUT2D eigenvalue weighted by molar-refractivity contribution is -0.321. The third kappa shape index (κ3) is 13.4. The van der Waals surface area contributed by atoms with Crippen molar-refractivity contribution in [2.45, 2.75) is 184 Å². The third-order valence-corrected chi connectivity index (χ3v) is 17.2. The van der Waals surface area contributed by atoms with Crippen molar-refractivity contribution in [3.8, 4) is 0 Å². The maximum absolute atomic E-state index is 14.8. The fourth-order valence-corrected chi connectivity index (χ4v) is 12.6. The van der Waals surface area contributed by atoms with Crippen LogP contribution in [0.5, 0.6) is 0 Å². The number of aliphatic hydroxyl groups excluding tert-OH is 1. The number of thioether (sulfide) groups is 1. The van der Waals surface area contributed by atoms with Gasteiger partial charge in [0.1, 0.15) is 29.7 Å². The van der Waals surface area contributed by atoms with E-state index in [0.29, 0.717) is 42.4 Å². The Kier molecular flexibility index (Phi) is 20.7. The topological polar surface area (TPSA) is 254 Å². The summed E-state index contributed by atoms with van der Waals surface area (Å²) in [6.45, 7) is 19.3. The van der Waals surface area contributed by atoms with Crippen molar-refractivity contribution in [2.75, 3.05) is 72.9 Å². The van der Waals surface area contributed by atoms with Crippen LogP contribution in [-0.2, 0) is 57.0 Å². The van der Waals surface area contributed by atoms with Gasteiger partial charge in [-0.3, -0.25) is 19.1 Å². The van der Waals surface area contributed by atoms with Crippen LogP contribution in [0.1, 0.15) is 105 Å². The van der Waals surface area contributed by atoms with Crippen LogP contribution in [0.25, 0.3) is 10.9 Å². The number of carboxylic acids is 1. The summed E-state index contributed by atoms with van der Waals surface area (Å²) in [7, 11) is 10.4. The zero-order chi connectivity index (χ0) is 57.1. The van der Waals surface area contributed by atoms with E-state index < -0.39 is 119 Å². The zero-order valence-corrected chi connectivity index (χ0v) is 48.6. The van der Waals surface area contributed by atoms with Crippen molar-refractivity contribution in [1.29, 1.82) is 0 Å². The van der Waals surface area contributed by atoms with Crippen molar-refractivity contribution in [3.63, 3.8) is 0 Å². The summed E-state index contributed by atoms with van der Waals surface area (Å²) in [5.41, 5.74) is -4.16. The van der Waals surface area contributed by atoms with E-state index in [4.69, 9.17) is 47.4 Å². The molecule has 0 radical (unpaired) electrons. The van der Waals surface area contributed by atoms with Crippen LogP contribution in [0.15, 0.2) is 28.3 Å². The number of fused-ring (bicyclic) bond motifs is 2. The molecule has 4 saturated heterocycles. The molecule has 0 saturated carbocycles. The molecule has 0 aromatic carbocycles. The van der Waals surface area contributed by atoms with E-state index in [1.54, 1.807) is 77.8 Å². The fraction of sp³-hybridized carbons (Fsp3) is 0.778. The van der Waals surface area contributed by atoms with Crippen LogP contribution in [-0.4, -0.2) is 201 Å². The van der Waals surface area contributed by atoms with E-state index in [2.05, 4.69) is 10.3 Å². The first-order chi connectivity index (χ1) is 36.1. The quantitative estimate of drug-likeness (QED) is 0.104. The number of likely N-dealkylation sites (N-methyl/N-ethyl adjacent to an activating group) is 1. The maximum Gasteiger partial charge on any atom is 0.509 e. The molecule has 0 unspecified atom stereocenters. The van der Waals surface area contributed by atoms with Crippen molar-refractivity contribution in [3.05, 3.63) is 34.2 Å². The number of pyridine rings is 2. The number of aliphatic hydroxyl groups is 1. The molecule has 4 aliphatic heterocycles. The number of ether oxygens (including phenoxy) is 10. The number of esters is 1. The van der Waals surface area contributed by atoms with Gasteiger partial charge in [0.2, 0.25) is 5.43 Å². The van der Waals surface area contributed by atoms with Crippen LogP contribution in [0.2, 0.25) is 0 Å². The first-order valence-electron chi connectivity index (χ1n) is 26.8. The summed E-state index contributed by atoms with van der Waals surface area (Å²) >= 11 is 1.42. The number of methoxy groups -OCH3 is 2. The van der Waals surface area contributed by atoms with Gasteiger partial charge in [-0.15, -0.1) is 11.8 Å². The molecule has 4 fully saturated rings. The Bertz CT molecular complexity index is 2450. The first kappa shape index (κ1) is 62.2. The molecule has 4 aliphatic rings. The van der Waals surface area contributed by atoms with Crippen molar-refractivity contribution in [1.82, 2.24) is 19.9 Å². The number of hydrogen-bond donors (Lipinski definition) is 3. The molecule has 3 N–H and O–H groups in total. The van der Waals surface area contributed by atoms with Crippen molar-refractivity contribution in [2.24, 2.45) is 23.7 Å². The number of nitrogens with one attached hydrogen (secondary N) is 1. The van der Waals surface area contributed by atoms with Gasteiger partial charge in [-0.1, -0.05) is 27.7 Å². The Morgan fingerprint density at radius 3 is 2.22 bits per heavy atom. The van der Waals surface area contributed by atoms with Gasteiger partial charge < -0.3 is 72.8 Å². The molecule has 6 rings (SSSR count). The van der Waals surface area contributed by atoms with Gasteiger partial charge in [-0.2, -0.15) is 0 Å². The Hall–Kier alpha value is -4.01. The van der Waals surface area contributed by atoms with Gasteiger partial charge in [0.15, 0.2) is 24.3 Å². The van der Waals surface area contributed by atoms with Gasteiger partial charge >= 0.3 is 18.1 Å². The summed E-state index contributed by atoms with van der Waals surface area (Å²) in [6, 6.07) is 1.30.